The number of benzene rings is 2. The van der Waals surface area contributed by atoms with Crippen LogP contribution in [0.5, 0.6) is 0 Å². The number of likely N-dealkylation sites (N-methyl/N-ethyl adjacent to an activating group) is 1. The molecule has 0 bridgehead atoms. The molecular weight excluding hydrogens is 360 g/mol. The Balaban J connectivity index is 1.93. The highest BCUT2D eigenvalue weighted by Gasteiger charge is 2.22. The van der Waals surface area contributed by atoms with E-state index in [2.05, 4.69) is 10.5 Å². The first-order valence-electron chi connectivity index (χ1n) is 7.38. The Kier molecular flexibility index (Phi) is 6.15. The highest BCUT2D eigenvalue weighted by Crippen LogP contribution is 2.13. The van der Waals surface area contributed by atoms with Gasteiger partial charge in [-0.05, 0) is 29.8 Å². The van der Waals surface area contributed by atoms with Crippen molar-refractivity contribution in [3.63, 3.8) is 0 Å². The van der Waals surface area contributed by atoms with Crippen molar-refractivity contribution >= 4 is 27.8 Å². The van der Waals surface area contributed by atoms with Gasteiger partial charge in [-0.25, -0.2) is 13.8 Å². The second-order valence-electron chi connectivity index (χ2n) is 5.22. The molecule has 2 rings (SSSR count). The molecule has 2 aromatic carbocycles. The van der Waals surface area contributed by atoms with Gasteiger partial charge in [0.25, 0.3) is 11.6 Å². The van der Waals surface area contributed by atoms with Gasteiger partial charge < -0.3 is 0 Å². The number of amides is 1. The van der Waals surface area contributed by atoms with Gasteiger partial charge in [0.2, 0.25) is 10.0 Å². The molecule has 0 saturated carbocycles. The number of hydrazone groups is 1. The van der Waals surface area contributed by atoms with E-state index in [0.717, 1.165) is 4.31 Å². The van der Waals surface area contributed by atoms with Crippen LogP contribution in [-0.4, -0.2) is 43.4 Å². The largest absolute Gasteiger partial charge is 0.272 e. The maximum absolute atomic E-state index is 12.3. The molecule has 136 valence electrons. The number of non-ortho nitro benzene ring substituents is 1. The molecule has 0 atom stereocenters. The van der Waals surface area contributed by atoms with E-state index >= 15 is 0 Å². The van der Waals surface area contributed by atoms with E-state index in [1.165, 1.54) is 49.7 Å². The molecule has 0 heterocycles. The number of sulfonamides is 1. The van der Waals surface area contributed by atoms with Gasteiger partial charge in [0.1, 0.15) is 0 Å². The third-order valence-corrected chi connectivity index (χ3v) is 5.14. The maximum Gasteiger partial charge on any atom is 0.269 e. The van der Waals surface area contributed by atoms with Crippen LogP contribution in [-0.2, 0) is 14.8 Å². The van der Waals surface area contributed by atoms with Gasteiger partial charge in [0.15, 0.2) is 0 Å². The van der Waals surface area contributed by atoms with Crippen LogP contribution in [0, 0.1) is 10.1 Å². The van der Waals surface area contributed by atoms with Crippen LogP contribution in [0.3, 0.4) is 0 Å². The summed E-state index contributed by atoms with van der Waals surface area (Å²) < 4.78 is 25.5. The third-order valence-electron chi connectivity index (χ3n) is 3.32. The molecular formula is C16H16N4O5S. The number of nitro benzene ring substituents is 1. The van der Waals surface area contributed by atoms with Crippen LogP contribution in [0.1, 0.15) is 5.56 Å². The molecule has 2 aromatic rings. The minimum Gasteiger partial charge on any atom is -0.272 e. The molecule has 0 aliphatic rings. The average Bonchev–Trinajstić information content (AvgIpc) is 2.62. The van der Waals surface area contributed by atoms with Crippen molar-refractivity contribution in [1.82, 2.24) is 9.73 Å². The molecule has 0 unspecified atom stereocenters. The monoisotopic (exact) mass is 376 g/mol. The van der Waals surface area contributed by atoms with Crippen LogP contribution < -0.4 is 5.43 Å². The fourth-order valence-corrected chi connectivity index (χ4v) is 3.10. The fourth-order valence-electron chi connectivity index (χ4n) is 1.96. The number of carbonyl (C=O) groups excluding carboxylic acids is 1. The topological polar surface area (TPSA) is 122 Å². The first-order valence-corrected chi connectivity index (χ1v) is 8.82. The van der Waals surface area contributed by atoms with Crippen LogP contribution >= 0.6 is 0 Å². The zero-order valence-corrected chi connectivity index (χ0v) is 14.6. The van der Waals surface area contributed by atoms with E-state index in [1.54, 1.807) is 18.2 Å². The summed E-state index contributed by atoms with van der Waals surface area (Å²) in [5.74, 6) is -0.620. The third kappa shape index (κ3) is 4.94. The molecule has 0 radical (unpaired) electrons. The summed E-state index contributed by atoms with van der Waals surface area (Å²) in [5.41, 5.74) is 2.70. The predicted octanol–water partition coefficient (Wildman–Crippen LogP) is 1.37. The SMILES string of the molecule is CN(CC(=O)N/N=C\c1ccc([N+](=O)[O-])cc1)S(=O)(=O)c1ccccc1. The Morgan fingerprint density at radius 3 is 2.38 bits per heavy atom. The van der Waals surface area contributed by atoms with Crippen molar-refractivity contribution in [3.8, 4) is 0 Å². The number of nitrogens with one attached hydrogen (secondary N) is 1. The minimum absolute atomic E-state index is 0.0565. The molecule has 1 amide bonds. The molecule has 1 N–H and O–H groups in total. The van der Waals surface area contributed by atoms with Crippen LogP contribution in [0.15, 0.2) is 64.6 Å². The van der Waals surface area contributed by atoms with Crippen molar-refractivity contribution in [2.75, 3.05) is 13.6 Å². The number of hydrogen-bond donors (Lipinski definition) is 1. The number of carbonyl (C=O) groups is 1. The number of rotatable bonds is 7. The molecule has 0 spiro atoms. The van der Waals surface area contributed by atoms with Crippen molar-refractivity contribution in [2.24, 2.45) is 5.10 Å². The van der Waals surface area contributed by atoms with Crippen molar-refractivity contribution < 1.29 is 18.1 Å². The van der Waals surface area contributed by atoms with E-state index in [4.69, 9.17) is 0 Å². The van der Waals surface area contributed by atoms with Gasteiger partial charge in [0.05, 0.1) is 22.6 Å². The number of nitro groups is 1. The standard InChI is InChI=1S/C16H16N4O5S/c1-19(26(24,25)15-5-3-2-4-6-15)12-16(21)18-17-11-13-7-9-14(10-8-13)20(22)23/h2-11H,12H2,1H3,(H,18,21)/b17-11-. The fraction of sp³-hybridized carbons (Fsp3) is 0.125. The van der Waals surface area contributed by atoms with Crippen molar-refractivity contribution in [2.45, 2.75) is 4.90 Å². The molecule has 0 saturated heterocycles. The van der Waals surface area contributed by atoms with E-state index < -0.39 is 27.4 Å². The summed E-state index contributed by atoms with van der Waals surface area (Å²) >= 11 is 0. The Morgan fingerprint density at radius 1 is 1.19 bits per heavy atom. The highest BCUT2D eigenvalue weighted by molar-refractivity contribution is 7.89. The second-order valence-corrected chi connectivity index (χ2v) is 7.26. The highest BCUT2D eigenvalue weighted by atomic mass is 32.2. The lowest BCUT2D eigenvalue weighted by Gasteiger charge is -2.15. The summed E-state index contributed by atoms with van der Waals surface area (Å²) in [5, 5.41) is 14.3. The van der Waals surface area contributed by atoms with Gasteiger partial charge in [-0.2, -0.15) is 9.41 Å². The van der Waals surface area contributed by atoms with Gasteiger partial charge in [-0.15, -0.1) is 0 Å². The molecule has 0 aliphatic heterocycles. The van der Waals surface area contributed by atoms with Crippen molar-refractivity contribution in [3.05, 3.63) is 70.3 Å². The molecule has 26 heavy (non-hydrogen) atoms. The summed E-state index contributed by atoms with van der Waals surface area (Å²) in [6.07, 6.45) is 1.30. The van der Waals surface area contributed by atoms with Gasteiger partial charge in [0, 0.05) is 19.2 Å². The van der Waals surface area contributed by atoms with Gasteiger partial charge in [-0.1, -0.05) is 18.2 Å². The summed E-state index contributed by atoms with van der Waals surface area (Å²) in [6.45, 7) is -0.408. The van der Waals surface area contributed by atoms with E-state index in [-0.39, 0.29) is 10.6 Å². The first kappa shape index (κ1) is 19.2. The zero-order chi connectivity index (χ0) is 19.2. The van der Waals surface area contributed by atoms with Crippen molar-refractivity contribution in [1.29, 1.82) is 0 Å². The lowest BCUT2D eigenvalue weighted by atomic mass is 10.2. The maximum atomic E-state index is 12.3. The molecule has 0 aliphatic carbocycles. The molecule has 0 aromatic heterocycles. The number of nitrogens with zero attached hydrogens (tertiary/aromatic N) is 3. The quantitative estimate of drug-likeness (QED) is 0.444. The zero-order valence-electron chi connectivity index (χ0n) is 13.8. The van der Waals surface area contributed by atoms with Crippen LogP contribution in [0.2, 0.25) is 0 Å². The Labute approximate surface area is 150 Å². The van der Waals surface area contributed by atoms with Crippen LogP contribution in [0.25, 0.3) is 0 Å². The Morgan fingerprint density at radius 2 is 1.81 bits per heavy atom. The summed E-state index contributed by atoms with van der Waals surface area (Å²) in [6, 6.07) is 13.3. The molecule has 9 nitrogen and oxygen atoms in total. The average molecular weight is 376 g/mol. The molecule has 0 fully saturated rings. The Bertz CT molecular complexity index is 911. The summed E-state index contributed by atoms with van der Waals surface area (Å²) in [4.78, 5) is 22.0. The molecule has 10 heteroatoms. The minimum atomic E-state index is -3.77. The lowest BCUT2D eigenvalue weighted by molar-refractivity contribution is -0.384. The predicted molar refractivity (Wildman–Crippen MR) is 95.1 cm³/mol. The van der Waals surface area contributed by atoms with Crippen LogP contribution in [0.4, 0.5) is 5.69 Å². The normalized spacial score (nSPS) is 11.6. The smallest absolute Gasteiger partial charge is 0.269 e. The first-order chi connectivity index (χ1) is 12.3. The van der Waals surface area contributed by atoms with Gasteiger partial charge >= 0.3 is 0 Å². The second kappa shape index (κ2) is 8.32. The van der Waals surface area contributed by atoms with E-state index in [0.29, 0.717) is 5.56 Å². The van der Waals surface area contributed by atoms with Gasteiger partial charge in [-0.3, -0.25) is 14.9 Å². The van der Waals surface area contributed by atoms with E-state index in [1.807, 2.05) is 0 Å². The van der Waals surface area contributed by atoms with E-state index in [9.17, 15) is 23.3 Å². The number of hydrogen-bond acceptors (Lipinski definition) is 6. The summed E-state index contributed by atoms with van der Waals surface area (Å²) in [7, 11) is -2.47. The Hall–Kier alpha value is -3.11. The lowest BCUT2D eigenvalue weighted by Crippen LogP contribution is -2.36.